The van der Waals surface area contributed by atoms with Gasteiger partial charge in [0.15, 0.2) is 6.10 Å². The summed E-state index contributed by atoms with van der Waals surface area (Å²) in [6.07, 6.45) is -1.10. The lowest BCUT2D eigenvalue weighted by Crippen LogP contribution is -2.30. The summed E-state index contributed by atoms with van der Waals surface area (Å²) in [5, 5.41) is 2.50. The van der Waals surface area contributed by atoms with E-state index in [0.717, 1.165) is 4.31 Å². The van der Waals surface area contributed by atoms with Crippen LogP contribution >= 0.6 is 0 Å². The number of hydrogen-bond donors (Lipinski definition) is 1. The summed E-state index contributed by atoms with van der Waals surface area (Å²) < 4.78 is 43.0. The molecule has 0 unspecified atom stereocenters. The van der Waals surface area contributed by atoms with Gasteiger partial charge in [-0.25, -0.2) is 21.9 Å². The molecule has 2 aromatic rings. The number of hydrogen-bond acceptors (Lipinski definition) is 5. The second-order valence-corrected chi connectivity index (χ2v) is 8.01. The molecule has 0 saturated carbocycles. The maximum atomic E-state index is 12.9. The monoisotopic (exact) mass is 394 g/mol. The van der Waals surface area contributed by atoms with Gasteiger partial charge in [-0.2, -0.15) is 0 Å². The molecule has 2 rings (SSSR count). The maximum absolute atomic E-state index is 12.9. The number of esters is 1. The molecule has 0 heterocycles. The summed E-state index contributed by atoms with van der Waals surface area (Å²) in [4.78, 5) is 24.2. The summed E-state index contributed by atoms with van der Waals surface area (Å²) >= 11 is 0. The average molecular weight is 394 g/mol. The van der Waals surface area contributed by atoms with Gasteiger partial charge in [0.2, 0.25) is 10.0 Å². The van der Waals surface area contributed by atoms with E-state index in [-0.39, 0.29) is 10.5 Å². The van der Waals surface area contributed by atoms with E-state index >= 15 is 0 Å². The number of rotatable bonds is 6. The molecule has 0 aliphatic heterocycles. The molecule has 0 aromatic heterocycles. The number of anilines is 1. The summed E-state index contributed by atoms with van der Waals surface area (Å²) in [5.74, 6) is -1.79. The van der Waals surface area contributed by atoms with Crippen molar-refractivity contribution in [2.24, 2.45) is 0 Å². The van der Waals surface area contributed by atoms with E-state index in [1.165, 1.54) is 69.6 Å². The fourth-order valence-electron chi connectivity index (χ4n) is 2.03. The van der Waals surface area contributed by atoms with Crippen molar-refractivity contribution in [3.8, 4) is 0 Å². The van der Waals surface area contributed by atoms with Gasteiger partial charge in [0, 0.05) is 19.8 Å². The third kappa shape index (κ3) is 5.11. The highest BCUT2D eigenvalue weighted by molar-refractivity contribution is 7.89. The van der Waals surface area contributed by atoms with Gasteiger partial charge in [0.1, 0.15) is 5.82 Å². The first-order valence-corrected chi connectivity index (χ1v) is 9.35. The van der Waals surface area contributed by atoms with Crippen LogP contribution in [0.5, 0.6) is 0 Å². The first-order chi connectivity index (χ1) is 12.6. The Balaban J connectivity index is 2.01. The largest absolute Gasteiger partial charge is 0.449 e. The van der Waals surface area contributed by atoms with Gasteiger partial charge in [0.05, 0.1) is 10.5 Å². The summed E-state index contributed by atoms with van der Waals surface area (Å²) in [6.45, 7) is 1.39. The average Bonchev–Trinajstić information content (AvgIpc) is 2.63. The van der Waals surface area contributed by atoms with Crippen molar-refractivity contribution in [1.29, 1.82) is 0 Å². The van der Waals surface area contributed by atoms with E-state index in [0.29, 0.717) is 5.69 Å². The van der Waals surface area contributed by atoms with Crippen LogP contribution in [0.2, 0.25) is 0 Å². The van der Waals surface area contributed by atoms with Gasteiger partial charge in [-0.05, 0) is 55.5 Å². The van der Waals surface area contributed by atoms with Gasteiger partial charge in [-0.15, -0.1) is 0 Å². The number of ether oxygens (including phenoxy) is 1. The van der Waals surface area contributed by atoms with Crippen molar-refractivity contribution in [2.75, 3.05) is 19.4 Å². The molecule has 0 radical (unpaired) electrons. The zero-order valence-electron chi connectivity index (χ0n) is 15.0. The van der Waals surface area contributed by atoms with Crippen LogP contribution in [0.4, 0.5) is 10.1 Å². The number of benzene rings is 2. The van der Waals surface area contributed by atoms with Gasteiger partial charge in [-0.1, -0.05) is 0 Å². The van der Waals surface area contributed by atoms with E-state index in [9.17, 15) is 22.4 Å². The Hall–Kier alpha value is -2.78. The van der Waals surface area contributed by atoms with E-state index in [1.54, 1.807) is 0 Å². The van der Waals surface area contributed by atoms with Crippen molar-refractivity contribution in [3.63, 3.8) is 0 Å². The standard InChI is InChI=1S/C18H19FN2O5S/c1-12(17(22)20-15-8-6-14(19)7-9-15)26-18(23)13-4-10-16(11-5-13)27(24,25)21(2)3/h4-12H,1-3H3,(H,20,22)/t12-/m1/s1. The molecule has 0 fully saturated rings. The third-order valence-electron chi connectivity index (χ3n) is 3.63. The molecule has 2 aromatic carbocycles. The lowest BCUT2D eigenvalue weighted by Gasteiger charge is -2.14. The molecular formula is C18H19FN2O5S. The van der Waals surface area contributed by atoms with Crippen LogP contribution in [0.1, 0.15) is 17.3 Å². The Morgan fingerprint density at radius 3 is 2.11 bits per heavy atom. The van der Waals surface area contributed by atoms with Crippen LogP contribution < -0.4 is 5.32 Å². The molecule has 144 valence electrons. The SMILES string of the molecule is C[C@@H](OC(=O)c1ccc(S(=O)(=O)N(C)C)cc1)C(=O)Nc1ccc(F)cc1. The molecule has 0 aliphatic rings. The molecule has 27 heavy (non-hydrogen) atoms. The van der Waals surface area contributed by atoms with E-state index in [4.69, 9.17) is 4.74 Å². The molecule has 9 heteroatoms. The van der Waals surface area contributed by atoms with E-state index in [1.807, 2.05) is 0 Å². The predicted octanol–water partition coefficient (Wildman–Crippen LogP) is 2.26. The Morgan fingerprint density at radius 1 is 1.04 bits per heavy atom. The molecule has 7 nitrogen and oxygen atoms in total. The van der Waals surface area contributed by atoms with Crippen LogP contribution in [0.25, 0.3) is 0 Å². The van der Waals surface area contributed by atoms with Crippen LogP contribution in [0.3, 0.4) is 0 Å². The molecule has 1 amide bonds. The second kappa shape index (κ2) is 8.28. The number of carbonyl (C=O) groups excluding carboxylic acids is 2. The molecule has 1 N–H and O–H groups in total. The van der Waals surface area contributed by atoms with Crippen LogP contribution in [0.15, 0.2) is 53.4 Å². The van der Waals surface area contributed by atoms with Crippen molar-refractivity contribution in [2.45, 2.75) is 17.9 Å². The van der Waals surface area contributed by atoms with Crippen LogP contribution in [-0.4, -0.2) is 44.8 Å². The Kier molecular flexibility index (Phi) is 6.29. The molecule has 0 saturated heterocycles. The second-order valence-electron chi connectivity index (χ2n) is 5.86. The minimum Gasteiger partial charge on any atom is -0.449 e. The minimum atomic E-state index is -3.60. The zero-order chi connectivity index (χ0) is 20.2. The molecule has 0 aliphatic carbocycles. The van der Waals surface area contributed by atoms with E-state index in [2.05, 4.69) is 5.32 Å². The Bertz CT molecular complexity index is 925. The molecule has 0 bridgehead atoms. The van der Waals surface area contributed by atoms with Crippen molar-refractivity contribution < 1.29 is 27.1 Å². The number of halogens is 1. The van der Waals surface area contributed by atoms with Gasteiger partial charge < -0.3 is 10.1 Å². The number of carbonyl (C=O) groups is 2. The highest BCUT2D eigenvalue weighted by Crippen LogP contribution is 2.15. The van der Waals surface area contributed by atoms with Crippen molar-refractivity contribution in [3.05, 3.63) is 59.9 Å². The summed E-state index contributed by atoms with van der Waals surface area (Å²) in [6, 6.07) is 10.3. The first kappa shape index (κ1) is 20.5. The highest BCUT2D eigenvalue weighted by atomic mass is 32.2. The molecular weight excluding hydrogens is 375 g/mol. The molecule has 1 atom stereocenters. The number of sulfonamides is 1. The van der Waals surface area contributed by atoms with Crippen LogP contribution in [-0.2, 0) is 19.6 Å². The third-order valence-corrected chi connectivity index (χ3v) is 5.46. The number of nitrogens with one attached hydrogen (secondary N) is 1. The van der Waals surface area contributed by atoms with Gasteiger partial charge >= 0.3 is 5.97 Å². The fourth-order valence-corrected chi connectivity index (χ4v) is 2.93. The number of amides is 1. The predicted molar refractivity (Wildman–Crippen MR) is 97.2 cm³/mol. The van der Waals surface area contributed by atoms with Crippen LogP contribution in [0, 0.1) is 5.82 Å². The smallest absolute Gasteiger partial charge is 0.338 e. The zero-order valence-corrected chi connectivity index (χ0v) is 15.8. The Morgan fingerprint density at radius 2 is 1.59 bits per heavy atom. The summed E-state index contributed by atoms with van der Waals surface area (Å²) in [5.41, 5.74) is 0.469. The normalized spacial score (nSPS) is 12.5. The number of nitrogens with zero attached hydrogens (tertiary/aromatic N) is 1. The minimum absolute atomic E-state index is 0.0335. The van der Waals surface area contributed by atoms with Crippen molar-refractivity contribution >= 4 is 27.6 Å². The highest BCUT2D eigenvalue weighted by Gasteiger charge is 2.21. The lowest BCUT2D eigenvalue weighted by atomic mass is 10.2. The molecule has 0 spiro atoms. The quantitative estimate of drug-likeness (QED) is 0.759. The maximum Gasteiger partial charge on any atom is 0.338 e. The lowest BCUT2D eigenvalue weighted by molar-refractivity contribution is -0.123. The van der Waals surface area contributed by atoms with Gasteiger partial charge in [0.25, 0.3) is 5.91 Å². The topological polar surface area (TPSA) is 92.8 Å². The van der Waals surface area contributed by atoms with Crippen molar-refractivity contribution in [1.82, 2.24) is 4.31 Å². The first-order valence-electron chi connectivity index (χ1n) is 7.91. The fraction of sp³-hybridized carbons (Fsp3) is 0.222. The summed E-state index contributed by atoms with van der Waals surface area (Å²) in [7, 11) is -0.800. The van der Waals surface area contributed by atoms with E-state index < -0.39 is 33.8 Å². The van der Waals surface area contributed by atoms with Gasteiger partial charge in [-0.3, -0.25) is 4.79 Å². The Labute approximate surface area is 156 Å².